The number of nitrogens with one attached hydrogen (secondary N) is 1. The van der Waals surface area contributed by atoms with Crippen molar-refractivity contribution in [3.8, 4) is 0 Å². The van der Waals surface area contributed by atoms with Crippen LogP contribution < -0.4 is 5.32 Å². The van der Waals surface area contributed by atoms with Crippen LogP contribution in [0.3, 0.4) is 0 Å². The number of halogens is 1. The molecule has 1 aromatic rings. The molecule has 0 aliphatic heterocycles. The largest absolute Gasteiger partial charge is 0.316 e. The van der Waals surface area contributed by atoms with Crippen LogP contribution in [0.25, 0.3) is 0 Å². The summed E-state index contributed by atoms with van der Waals surface area (Å²) >= 11 is 0. The summed E-state index contributed by atoms with van der Waals surface area (Å²) in [6, 6.07) is 7.08. The summed E-state index contributed by atoms with van der Waals surface area (Å²) in [4.78, 5) is 0. The molecule has 0 spiro atoms. The third-order valence-electron chi connectivity index (χ3n) is 4.65. The summed E-state index contributed by atoms with van der Waals surface area (Å²) in [7, 11) is 0. The minimum Gasteiger partial charge on any atom is -0.316 e. The highest BCUT2D eigenvalue weighted by molar-refractivity contribution is 5.17. The van der Waals surface area contributed by atoms with Crippen molar-refractivity contribution in [1.82, 2.24) is 5.32 Å². The van der Waals surface area contributed by atoms with E-state index >= 15 is 0 Å². The maximum absolute atomic E-state index is 13.0. The molecule has 1 aliphatic rings. The van der Waals surface area contributed by atoms with E-state index in [0.29, 0.717) is 0 Å². The maximum Gasteiger partial charge on any atom is 0.123 e. The quantitative estimate of drug-likeness (QED) is 0.759. The lowest BCUT2D eigenvalue weighted by atomic mass is 9.72. The lowest BCUT2D eigenvalue weighted by Gasteiger charge is -2.35. The van der Waals surface area contributed by atoms with Crippen molar-refractivity contribution in [2.45, 2.75) is 46.0 Å². The summed E-state index contributed by atoms with van der Waals surface area (Å²) in [6.45, 7) is 6.85. The van der Waals surface area contributed by atoms with Gasteiger partial charge in [0.2, 0.25) is 0 Å². The standard InChI is InChI=1S/C18H28FN/c1-3-10-20-13-16-7-4-14(2)11-17(16)12-15-5-8-18(19)9-6-15/h5-6,8-9,14,16-17,20H,3-4,7,10-13H2,1-2H3. The Labute approximate surface area is 123 Å². The summed E-state index contributed by atoms with van der Waals surface area (Å²) in [5.74, 6) is 2.23. The summed E-state index contributed by atoms with van der Waals surface area (Å²) in [6.07, 6.45) is 6.31. The normalized spacial score (nSPS) is 26.6. The molecule has 3 atom stereocenters. The van der Waals surface area contributed by atoms with Crippen LogP contribution in [0.1, 0.15) is 45.1 Å². The predicted molar refractivity (Wildman–Crippen MR) is 83.3 cm³/mol. The highest BCUT2D eigenvalue weighted by Crippen LogP contribution is 2.35. The minimum absolute atomic E-state index is 0.132. The van der Waals surface area contributed by atoms with Crippen molar-refractivity contribution < 1.29 is 4.39 Å². The Morgan fingerprint density at radius 1 is 1.15 bits per heavy atom. The van der Waals surface area contributed by atoms with Crippen molar-refractivity contribution in [2.24, 2.45) is 17.8 Å². The second kappa shape index (κ2) is 7.78. The number of hydrogen-bond acceptors (Lipinski definition) is 1. The lowest BCUT2D eigenvalue weighted by Crippen LogP contribution is -2.34. The van der Waals surface area contributed by atoms with Crippen LogP contribution >= 0.6 is 0 Å². The minimum atomic E-state index is -0.132. The molecule has 1 aromatic carbocycles. The summed E-state index contributed by atoms with van der Waals surface area (Å²) < 4.78 is 13.0. The first kappa shape index (κ1) is 15.5. The van der Waals surface area contributed by atoms with E-state index in [1.165, 1.54) is 31.2 Å². The molecule has 1 saturated carbocycles. The Morgan fingerprint density at radius 2 is 1.90 bits per heavy atom. The lowest BCUT2D eigenvalue weighted by molar-refractivity contribution is 0.184. The second-order valence-electron chi connectivity index (χ2n) is 6.47. The van der Waals surface area contributed by atoms with E-state index in [2.05, 4.69) is 19.2 Å². The van der Waals surface area contributed by atoms with Crippen LogP contribution in [0, 0.1) is 23.6 Å². The van der Waals surface area contributed by atoms with Crippen LogP contribution in [0.5, 0.6) is 0 Å². The molecule has 0 saturated heterocycles. The van der Waals surface area contributed by atoms with Gasteiger partial charge in [0, 0.05) is 0 Å². The third-order valence-corrected chi connectivity index (χ3v) is 4.65. The van der Waals surface area contributed by atoms with Crippen LogP contribution in [0.2, 0.25) is 0 Å². The van der Waals surface area contributed by atoms with Crippen LogP contribution in [0.15, 0.2) is 24.3 Å². The van der Waals surface area contributed by atoms with Gasteiger partial charge in [0.15, 0.2) is 0 Å². The van der Waals surface area contributed by atoms with E-state index in [-0.39, 0.29) is 5.82 Å². The van der Waals surface area contributed by atoms with Gasteiger partial charge in [-0.2, -0.15) is 0 Å². The maximum atomic E-state index is 13.0. The summed E-state index contributed by atoms with van der Waals surface area (Å²) in [5.41, 5.74) is 1.28. The van der Waals surface area contributed by atoms with Crippen LogP contribution in [-0.2, 0) is 6.42 Å². The van der Waals surface area contributed by atoms with Crippen LogP contribution in [0.4, 0.5) is 4.39 Å². The van der Waals surface area contributed by atoms with Crippen molar-refractivity contribution in [3.05, 3.63) is 35.6 Å². The van der Waals surface area contributed by atoms with Crippen molar-refractivity contribution in [3.63, 3.8) is 0 Å². The fourth-order valence-electron chi connectivity index (χ4n) is 3.47. The monoisotopic (exact) mass is 277 g/mol. The smallest absolute Gasteiger partial charge is 0.123 e. The molecular formula is C18H28FN. The van der Waals surface area contributed by atoms with Gasteiger partial charge in [-0.3, -0.25) is 0 Å². The van der Waals surface area contributed by atoms with Gasteiger partial charge in [0.1, 0.15) is 5.82 Å². The van der Waals surface area contributed by atoms with Gasteiger partial charge in [-0.1, -0.05) is 32.4 Å². The average molecular weight is 277 g/mol. The summed E-state index contributed by atoms with van der Waals surface area (Å²) in [5, 5.41) is 3.58. The predicted octanol–water partition coefficient (Wildman–Crippen LogP) is 4.42. The molecular weight excluding hydrogens is 249 g/mol. The van der Waals surface area contributed by atoms with Crippen LogP contribution in [-0.4, -0.2) is 13.1 Å². The van der Waals surface area contributed by atoms with Crippen molar-refractivity contribution in [2.75, 3.05) is 13.1 Å². The van der Waals surface area contributed by atoms with E-state index in [0.717, 1.165) is 37.3 Å². The molecule has 1 aliphatic carbocycles. The van der Waals surface area contributed by atoms with Crippen molar-refractivity contribution in [1.29, 1.82) is 0 Å². The Hall–Kier alpha value is -0.890. The fourth-order valence-corrected chi connectivity index (χ4v) is 3.47. The van der Waals surface area contributed by atoms with Crippen molar-refractivity contribution >= 4 is 0 Å². The second-order valence-corrected chi connectivity index (χ2v) is 6.47. The SMILES string of the molecule is CCCNCC1CCC(C)CC1Cc1ccc(F)cc1. The molecule has 1 N–H and O–H groups in total. The zero-order valence-corrected chi connectivity index (χ0v) is 12.9. The van der Waals surface area contributed by atoms with Gasteiger partial charge in [-0.25, -0.2) is 4.39 Å². The first-order valence-corrected chi connectivity index (χ1v) is 8.14. The Bertz CT molecular complexity index is 387. The number of rotatable bonds is 6. The Kier molecular flexibility index (Phi) is 6.03. The molecule has 1 nitrogen and oxygen atoms in total. The zero-order valence-electron chi connectivity index (χ0n) is 12.9. The Morgan fingerprint density at radius 3 is 2.60 bits per heavy atom. The molecule has 0 amide bonds. The van der Waals surface area contributed by atoms with Gasteiger partial charge < -0.3 is 5.32 Å². The van der Waals surface area contributed by atoms with E-state index in [1.54, 1.807) is 12.1 Å². The number of benzene rings is 1. The molecule has 2 rings (SSSR count). The Balaban J connectivity index is 1.94. The highest BCUT2D eigenvalue weighted by atomic mass is 19.1. The van der Waals surface area contributed by atoms with Gasteiger partial charge in [0.05, 0.1) is 0 Å². The molecule has 0 heterocycles. The van der Waals surface area contributed by atoms with Gasteiger partial charge >= 0.3 is 0 Å². The fraction of sp³-hybridized carbons (Fsp3) is 0.667. The topological polar surface area (TPSA) is 12.0 Å². The molecule has 20 heavy (non-hydrogen) atoms. The van der Waals surface area contributed by atoms with E-state index in [9.17, 15) is 4.39 Å². The van der Waals surface area contributed by atoms with Gasteiger partial charge in [-0.15, -0.1) is 0 Å². The number of hydrogen-bond donors (Lipinski definition) is 1. The van der Waals surface area contributed by atoms with Gasteiger partial charge in [0.25, 0.3) is 0 Å². The zero-order chi connectivity index (χ0) is 14.4. The first-order valence-electron chi connectivity index (χ1n) is 8.14. The average Bonchev–Trinajstić information content (AvgIpc) is 2.44. The molecule has 0 radical (unpaired) electrons. The molecule has 3 unspecified atom stereocenters. The molecule has 112 valence electrons. The third kappa shape index (κ3) is 4.59. The first-order chi connectivity index (χ1) is 9.69. The van der Waals surface area contributed by atoms with Gasteiger partial charge in [-0.05, 0) is 74.2 Å². The highest BCUT2D eigenvalue weighted by Gasteiger charge is 2.28. The van der Waals surface area contributed by atoms with E-state index < -0.39 is 0 Å². The molecule has 0 bridgehead atoms. The van der Waals surface area contributed by atoms with E-state index in [1.807, 2.05) is 12.1 Å². The molecule has 2 heteroatoms. The van der Waals surface area contributed by atoms with E-state index in [4.69, 9.17) is 0 Å². The molecule has 0 aromatic heterocycles. The molecule has 1 fully saturated rings.